The number of nitrogens with one attached hydrogen (secondary N) is 1. The van der Waals surface area contributed by atoms with Gasteiger partial charge in [0, 0.05) is 20.8 Å². The second kappa shape index (κ2) is 16.4. The number of aliphatic carboxylic acids is 1. The first-order valence-electron chi connectivity index (χ1n) is 11.3. The summed E-state index contributed by atoms with van der Waals surface area (Å²) in [5.41, 5.74) is 1.08. The van der Waals surface area contributed by atoms with E-state index in [1.54, 1.807) is 0 Å². The fourth-order valence-corrected chi connectivity index (χ4v) is 3.44. The minimum absolute atomic E-state index is 0.00437. The number of rotatable bonds is 7. The summed E-state index contributed by atoms with van der Waals surface area (Å²) >= 11 is 15.6. The van der Waals surface area contributed by atoms with Crippen LogP contribution >= 0.6 is 35.8 Å². The molecule has 1 unspecified atom stereocenters. The van der Waals surface area contributed by atoms with Gasteiger partial charge >= 0.3 is 5.97 Å². The Balaban J connectivity index is 0.000000370. The van der Waals surface area contributed by atoms with Gasteiger partial charge < -0.3 is 15.2 Å². The molecule has 2 aromatic carbocycles. The van der Waals surface area contributed by atoms with E-state index in [9.17, 15) is 4.79 Å². The van der Waals surface area contributed by atoms with E-state index in [1.807, 2.05) is 54.6 Å². The first-order chi connectivity index (χ1) is 15.5. The van der Waals surface area contributed by atoms with Crippen LogP contribution in [-0.2, 0) is 9.53 Å². The number of halogens is 2. The van der Waals surface area contributed by atoms with Gasteiger partial charge in [-0.25, -0.2) is 4.79 Å². The maximum atomic E-state index is 10.6. The third kappa shape index (κ3) is 16.9. The third-order valence-corrected chi connectivity index (χ3v) is 5.06. The summed E-state index contributed by atoms with van der Waals surface area (Å²) in [5, 5.41) is 13.8. The zero-order chi connectivity index (χ0) is 24.7. The van der Waals surface area contributed by atoms with Crippen molar-refractivity contribution >= 4 is 41.8 Å². The van der Waals surface area contributed by atoms with Crippen molar-refractivity contribution in [1.82, 2.24) is 5.32 Å². The molecule has 7 heteroatoms. The van der Waals surface area contributed by atoms with Crippen LogP contribution in [0.3, 0.4) is 0 Å². The quantitative estimate of drug-likeness (QED) is 0.336. The van der Waals surface area contributed by atoms with Crippen molar-refractivity contribution in [3.05, 3.63) is 70.2 Å². The molecule has 2 N–H and O–H groups in total. The lowest BCUT2D eigenvalue weighted by atomic mass is 9.94. The number of hydrogen-bond acceptors (Lipinski definition) is 4. The molecule has 1 fully saturated rings. The van der Waals surface area contributed by atoms with E-state index >= 15 is 0 Å². The van der Waals surface area contributed by atoms with Gasteiger partial charge in [-0.15, -0.1) is 0 Å². The Morgan fingerprint density at radius 2 is 1.55 bits per heavy atom. The van der Waals surface area contributed by atoms with Crippen molar-refractivity contribution in [3.63, 3.8) is 0 Å². The molecule has 0 heterocycles. The predicted molar refractivity (Wildman–Crippen MR) is 143 cm³/mol. The Kier molecular flexibility index (Phi) is 14.8. The first kappa shape index (κ1) is 29.8. The summed E-state index contributed by atoms with van der Waals surface area (Å²) in [4.78, 5) is 10.6. The lowest BCUT2D eigenvalue weighted by Gasteiger charge is -2.28. The van der Waals surface area contributed by atoms with Crippen molar-refractivity contribution in [1.29, 1.82) is 0 Å². The molecule has 0 saturated heterocycles. The van der Waals surface area contributed by atoms with Crippen LogP contribution in [0.1, 0.15) is 64.5 Å². The fourth-order valence-electron chi connectivity index (χ4n) is 3.17. The highest BCUT2D eigenvalue weighted by Crippen LogP contribution is 2.23. The standard InChI is InChI=1S/C16H22ClNO3.C6H5Cl.C4H10S/c17-13-8-6-12(7-9-13)15(10-21-11-16(19)20)18-14-4-2-1-3-5-14;7-6-4-2-1-3-5-6;1-4(2,3)5/h6-9,14-15,18H,1-5,10-11H2,(H,19,20);1-5H;5H,1-3H3. The van der Waals surface area contributed by atoms with E-state index in [1.165, 1.54) is 32.1 Å². The van der Waals surface area contributed by atoms with Crippen LogP contribution in [0.4, 0.5) is 0 Å². The van der Waals surface area contributed by atoms with Crippen LogP contribution in [0.5, 0.6) is 0 Å². The molecule has 2 aromatic rings. The number of hydrogen-bond donors (Lipinski definition) is 3. The highest BCUT2D eigenvalue weighted by atomic mass is 35.5. The van der Waals surface area contributed by atoms with E-state index in [-0.39, 0.29) is 17.4 Å². The predicted octanol–water partition coefficient (Wildman–Crippen LogP) is 7.46. The van der Waals surface area contributed by atoms with Crippen molar-refractivity contribution in [2.24, 2.45) is 0 Å². The minimum Gasteiger partial charge on any atom is -0.480 e. The maximum absolute atomic E-state index is 10.6. The van der Waals surface area contributed by atoms with Gasteiger partial charge in [-0.2, -0.15) is 12.6 Å². The molecule has 0 aliphatic heterocycles. The van der Waals surface area contributed by atoms with Gasteiger partial charge in [0.05, 0.1) is 12.6 Å². The first-order valence-corrected chi connectivity index (χ1v) is 12.5. The minimum atomic E-state index is -0.942. The van der Waals surface area contributed by atoms with E-state index in [2.05, 4.69) is 38.7 Å². The van der Waals surface area contributed by atoms with Crippen LogP contribution in [0.25, 0.3) is 0 Å². The Bertz CT molecular complexity index is 770. The summed E-state index contributed by atoms with van der Waals surface area (Å²) in [6.45, 7) is 6.24. The normalized spacial score (nSPS) is 14.8. The third-order valence-electron chi connectivity index (χ3n) is 4.56. The Hall–Kier alpha value is -1.24. The zero-order valence-electron chi connectivity index (χ0n) is 19.8. The van der Waals surface area contributed by atoms with Gasteiger partial charge in [-0.05, 0) is 42.7 Å². The molecule has 4 nitrogen and oxygen atoms in total. The van der Waals surface area contributed by atoms with Gasteiger partial charge in [-0.1, -0.05) is 93.6 Å². The van der Waals surface area contributed by atoms with Crippen LogP contribution in [0, 0.1) is 0 Å². The van der Waals surface area contributed by atoms with E-state index in [0.717, 1.165) is 10.6 Å². The monoisotopic (exact) mass is 513 g/mol. The Morgan fingerprint density at radius 3 is 2.00 bits per heavy atom. The smallest absolute Gasteiger partial charge is 0.329 e. The molecule has 0 amide bonds. The molecule has 0 aromatic heterocycles. The average molecular weight is 515 g/mol. The molecule has 1 aliphatic rings. The van der Waals surface area contributed by atoms with Crippen LogP contribution in [0.2, 0.25) is 10.0 Å². The number of ether oxygens (including phenoxy) is 1. The molecule has 1 aliphatic carbocycles. The summed E-state index contributed by atoms with van der Waals surface area (Å²) in [6.07, 6.45) is 6.15. The molecule has 1 saturated carbocycles. The molecule has 0 spiro atoms. The molecule has 1 atom stereocenters. The Labute approximate surface area is 214 Å². The van der Waals surface area contributed by atoms with Crippen molar-refractivity contribution in [2.75, 3.05) is 13.2 Å². The highest BCUT2D eigenvalue weighted by Gasteiger charge is 2.19. The number of thiol groups is 1. The van der Waals surface area contributed by atoms with E-state index < -0.39 is 5.97 Å². The molecule has 3 rings (SSSR count). The second-order valence-corrected chi connectivity index (χ2v) is 11.2. The summed E-state index contributed by atoms with van der Waals surface area (Å²) in [5.74, 6) is -0.942. The number of carboxylic acids is 1. The van der Waals surface area contributed by atoms with E-state index in [0.29, 0.717) is 17.7 Å². The average Bonchev–Trinajstić information content (AvgIpc) is 2.74. The molecular weight excluding hydrogens is 477 g/mol. The maximum Gasteiger partial charge on any atom is 0.329 e. The topological polar surface area (TPSA) is 58.6 Å². The lowest BCUT2D eigenvalue weighted by Crippen LogP contribution is -2.36. The van der Waals surface area contributed by atoms with Crippen LogP contribution < -0.4 is 5.32 Å². The van der Waals surface area contributed by atoms with Crippen LogP contribution in [0.15, 0.2) is 54.6 Å². The van der Waals surface area contributed by atoms with Crippen molar-refractivity contribution in [2.45, 2.75) is 69.7 Å². The molecular formula is C26H37Cl2NO3S. The molecule has 33 heavy (non-hydrogen) atoms. The number of carboxylic acid groups (broad SMARTS) is 1. The zero-order valence-corrected chi connectivity index (χ0v) is 22.2. The summed E-state index contributed by atoms with van der Waals surface area (Å²) in [6, 6.07) is 17.6. The van der Waals surface area contributed by atoms with Gasteiger partial charge in [0.15, 0.2) is 0 Å². The van der Waals surface area contributed by atoms with Gasteiger partial charge in [0.1, 0.15) is 6.61 Å². The summed E-state index contributed by atoms with van der Waals surface area (Å²) < 4.78 is 5.48. The van der Waals surface area contributed by atoms with Gasteiger partial charge in [0.2, 0.25) is 0 Å². The summed E-state index contributed by atoms with van der Waals surface area (Å²) in [7, 11) is 0. The van der Waals surface area contributed by atoms with Crippen LogP contribution in [-0.4, -0.2) is 35.1 Å². The fraction of sp³-hybridized carbons (Fsp3) is 0.500. The molecule has 0 radical (unpaired) electrons. The number of benzene rings is 2. The Morgan fingerprint density at radius 1 is 1.03 bits per heavy atom. The lowest BCUT2D eigenvalue weighted by molar-refractivity contribution is -0.142. The van der Waals surface area contributed by atoms with Crippen molar-refractivity contribution in [3.8, 4) is 0 Å². The van der Waals surface area contributed by atoms with Gasteiger partial charge in [-0.3, -0.25) is 0 Å². The second-order valence-electron chi connectivity index (χ2n) is 8.98. The molecule has 0 bridgehead atoms. The highest BCUT2D eigenvalue weighted by molar-refractivity contribution is 7.81. The number of carbonyl (C=O) groups is 1. The van der Waals surface area contributed by atoms with Gasteiger partial charge in [0.25, 0.3) is 0 Å². The largest absolute Gasteiger partial charge is 0.480 e. The van der Waals surface area contributed by atoms with Crippen molar-refractivity contribution < 1.29 is 14.6 Å². The SMILES string of the molecule is CC(C)(C)S.Clc1ccccc1.O=C(O)COCC(NC1CCCCC1)c1ccc(Cl)cc1. The van der Waals surface area contributed by atoms with E-state index in [4.69, 9.17) is 33.0 Å². The molecule has 184 valence electrons.